The molecule has 0 unspecified atom stereocenters. The van der Waals surface area contributed by atoms with E-state index in [0.717, 1.165) is 24.1 Å². The smallest absolute Gasteiger partial charge is 0.151 e. The van der Waals surface area contributed by atoms with Crippen LogP contribution in [0.4, 0.5) is 0 Å². The topological polar surface area (TPSA) is 29.0 Å². The van der Waals surface area contributed by atoms with Crippen molar-refractivity contribution in [1.82, 2.24) is 15.1 Å². The SMILES string of the molecule is CC(C)C1CCN(Cc2ccc(Cl)nn2)CC1. The molecule has 0 bridgehead atoms. The summed E-state index contributed by atoms with van der Waals surface area (Å²) in [5, 5.41) is 8.44. The number of aromatic nitrogens is 2. The molecule has 1 saturated heterocycles. The van der Waals surface area contributed by atoms with Gasteiger partial charge in [-0.15, -0.1) is 5.10 Å². The molecule has 1 aliphatic rings. The molecule has 0 saturated carbocycles. The molecule has 94 valence electrons. The number of halogens is 1. The second-order valence-corrected chi connectivity index (χ2v) is 5.59. The Hall–Kier alpha value is -0.670. The van der Waals surface area contributed by atoms with Gasteiger partial charge in [0, 0.05) is 6.54 Å². The van der Waals surface area contributed by atoms with Crippen LogP contribution in [0.3, 0.4) is 0 Å². The first-order chi connectivity index (χ1) is 8.15. The van der Waals surface area contributed by atoms with Gasteiger partial charge in [0.05, 0.1) is 5.69 Å². The molecule has 1 fully saturated rings. The largest absolute Gasteiger partial charge is 0.297 e. The van der Waals surface area contributed by atoms with E-state index in [4.69, 9.17) is 11.6 Å². The van der Waals surface area contributed by atoms with E-state index < -0.39 is 0 Å². The lowest BCUT2D eigenvalue weighted by Crippen LogP contribution is -2.35. The Morgan fingerprint density at radius 2 is 2.00 bits per heavy atom. The highest BCUT2D eigenvalue weighted by molar-refractivity contribution is 6.29. The van der Waals surface area contributed by atoms with E-state index in [-0.39, 0.29) is 0 Å². The summed E-state index contributed by atoms with van der Waals surface area (Å²) in [6.07, 6.45) is 2.61. The highest BCUT2D eigenvalue weighted by atomic mass is 35.5. The molecular weight excluding hydrogens is 234 g/mol. The summed E-state index contributed by atoms with van der Waals surface area (Å²) in [6.45, 7) is 7.89. The Kier molecular flexibility index (Phi) is 4.35. The van der Waals surface area contributed by atoms with E-state index in [1.54, 1.807) is 0 Å². The van der Waals surface area contributed by atoms with Gasteiger partial charge in [-0.3, -0.25) is 4.90 Å². The Balaban J connectivity index is 1.84. The molecule has 4 heteroatoms. The number of rotatable bonds is 3. The van der Waals surface area contributed by atoms with Gasteiger partial charge in [0.2, 0.25) is 0 Å². The van der Waals surface area contributed by atoms with Crippen LogP contribution in [-0.2, 0) is 6.54 Å². The van der Waals surface area contributed by atoms with Crippen LogP contribution in [0.2, 0.25) is 5.15 Å². The molecule has 0 spiro atoms. The maximum atomic E-state index is 5.72. The van der Waals surface area contributed by atoms with Crippen LogP contribution < -0.4 is 0 Å². The zero-order chi connectivity index (χ0) is 12.3. The lowest BCUT2D eigenvalue weighted by Gasteiger charge is -2.33. The van der Waals surface area contributed by atoms with Crippen molar-refractivity contribution >= 4 is 11.6 Å². The summed E-state index contributed by atoms with van der Waals surface area (Å²) < 4.78 is 0. The standard InChI is InChI=1S/C13H20ClN3/c1-10(2)11-5-7-17(8-6-11)9-12-3-4-13(14)16-15-12/h3-4,10-11H,5-9H2,1-2H3. The molecule has 3 nitrogen and oxygen atoms in total. The first-order valence-electron chi connectivity index (χ1n) is 6.35. The summed E-state index contributed by atoms with van der Waals surface area (Å²) >= 11 is 5.72. The zero-order valence-electron chi connectivity index (χ0n) is 10.6. The number of piperidine rings is 1. The van der Waals surface area contributed by atoms with Crippen LogP contribution in [0.15, 0.2) is 12.1 Å². The monoisotopic (exact) mass is 253 g/mol. The van der Waals surface area contributed by atoms with Gasteiger partial charge in [-0.2, -0.15) is 5.10 Å². The van der Waals surface area contributed by atoms with Gasteiger partial charge in [-0.05, 0) is 49.9 Å². The normalized spacial score (nSPS) is 18.8. The highest BCUT2D eigenvalue weighted by Crippen LogP contribution is 2.24. The molecule has 2 rings (SSSR count). The Bertz CT molecular complexity index is 342. The van der Waals surface area contributed by atoms with Gasteiger partial charge in [0.1, 0.15) is 0 Å². The fourth-order valence-electron chi connectivity index (χ4n) is 2.43. The fourth-order valence-corrected chi connectivity index (χ4v) is 2.54. The van der Waals surface area contributed by atoms with Crippen molar-refractivity contribution in [3.05, 3.63) is 23.0 Å². The average Bonchev–Trinajstić information content (AvgIpc) is 2.33. The molecule has 0 radical (unpaired) electrons. The van der Waals surface area contributed by atoms with Crippen LogP contribution in [0.1, 0.15) is 32.4 Å². The van der Waals surface area contributed by atoms with E-state index in [1.165, 1.54) is 25.9 Å². The van der Waals surface area contributed by atoms with Crippen molar-refractivity contribution in [2.24, 2.45) is 11.8 Å². The first kappa shape index (κ1) is 12.8. The summed E-state index contributed by atoms with van der Waals surface area (Å²) in [4.78, 5) is 2.46. The maximum Gasteiger partial charge on any atom is 0.151 e. The quantitative estimate of drug-likeness (QED) is 0.829. The number of hydrogen-bond donors (Lipinski definition) is 0. The summed E-state index contributed by atoms with van der Waals surface area (Å²) in [5.74, 6) is 1.70. The van der Waals surface area contributed by atoms with Gasteiger partial charge in [0.15, 0.2) is 5.15 Å². The third-order valence-corrected chi connectivity index (χ3v) is 3.85. The van der Waals surface area contributed by atoms with Crippen molar-refractivity contribution in [3.8, 4) is 0 Å². The molecule has 0 N–H and O–H groups in total. The van der Waals surface area contributed by atoms with Crippen LogP contribution in [-0.4, -0.2) is 28.2 Å². The van der Waals surface area contributed by atoms with E-state index in [0.29, 0.717) is 5.15 Å². The molecule has 0 aromatic carbocycles. The molecule has 2 heterocycles. The highest BCUT2D eigenvalue weighted by Gasteiger charge is 2.21. The molecule has 1 aromatic heterocycles. The zero-order valence-corrected chi connectivity index (χ0v) is 11.3. The van der Waals surface area contributed by atoms with E-state index >= 15 is 0 Å². The molecule has 1 aliphatic heterocycles. The van der Waals surface area contributed by atoms with E-state index in [2.05, 4.69) is 28.9 Å². The number of hydrogen-bond acceptors (Lipinski definition) is 3. The van der Waals surface area contributed by atoms with Crippen molar-refractivity contribution in [3.63, 3.8) is 0 Å². The minimum Gasteiger partial charge on any atom is -0.297 e. The van der Waals surface area contributed by atoms with Gasteiger partial charge in [-0.25, -0.2) is 0 Å². The average molecular weight is 254 g/mol. The van der Waals surface area contributed by atoms with Crippen molar-refractivity contribution < 1.29 is 0 Å². The first-order valence-corrected chi connectivity index (χ1v) is 6.73. The Morgan fingerprint density at radius 1 is 1.29 bits per heavy atom. The molecule has 0 atom stereocenters. The summed E-state index contributed by atoms with van der Waals surface area (Å²) in [6, 6.07) is 3.77. The van der Waals surface area contributed by atoms with Gasteiger partial charge in [0.25, 0.3) is 0 Å². The second-order valence-electron chi connectivity index (χ2n) is 5.20. The molecule has 0 aliphatic carbocycles. The van der Waals surface area contributed by atoms with Gasteiger partial charge in [-0.1, -0.05) is 25.4 Å². The van der Waals surface area contributed by atoms with Crippen molar-refractivity contribution in [1.29, 1.82) is 0 Å². The van der Waals surface area contributed by atoms with Gasteiger partial charge >= 0.3 is 0 Å². The molecular formula is C13H20ClN3. The molecule has 1 aromatic rings. The number of likely N-dealkylation sites (tertiary alicyclic amines) is 1. The maximum absolute atomic E-state index is 5.72. The fraction of sp³-hybridized carbons (Fsp3) is 0.692. The van der Waals surface area contributed by atoms with Gasteiger partial charge < -0.3 is 0 Å². The minimum atomic E-state index is 0.465. The predicted octanol–water partition coefficient (Wildman–Crippen LogP) is 3.00. The van der Waals surface area contributed by atoms with Crippen LogP contribution in [0.5, 0.6) is 0 Å². The Labute approximate surface area is 108 Å². The molecule has 17 heavy (non-hydrogen) atoms. The summed E-state index contributed by atoms with van der Waals surface area (Å²) in [7, 11) is 0. The van der Waals surface area contributed by atoms with E-state index in [1.807, 2.05) is 12.1 Å². The van der Waals surface area contributed by atoms with Crippen LogP contribution >= 0.6 is 11.6 Å². The van der Waals surface area contributed by atoms with E-state index in [9.17, 15) is 0 Å². The van der Waals surface area contributed by atoms with Crippen molar-refractivity contribution in [2.45, 2.75) is 33.2 Å². The minimum absolute atomic E-state index is 0.465. The van der Waals surface area contributed by atoms with Crippen LogP contribution in [0, 0.1) is 11.8 Å². The molecule has 0 amide bonds. The predicted molar refractivity (Wildman–Crippen MR) is 69.9 cm³/mol. The lowest BCUT2D eigenvalue weighted by atomic mass is 9.87. The van der Waals surface area contributed by atoms with Crippen molar-refractivity contribution in [2.75, 3.05) is 13.1 Å². The van der Waals surface area contributed by atoms with Crippen LogP contribution in [0.25, 0.3) is 0 Å². The number of nitrogens with zero attached hydrogens (tertiary/aromatic N) is 3. The summed E-state index contributed by atoms with van der Waals surface area (Å²) in [5.41, 5.74) is 1.01. The Morgan fingerprint density at radius 3 is 2.53 bits per heavy atom. The third kappa shape index (κ3) is 3.65. The second kappa shape index (κ2) is 5.78. The third-order valence-electron chi connectivity index (χ3n) is 3.65. The lowest BCUT2D eigenvalue weighted by molar-refractivity contribution is 0.150.